The molecule has 23 heavy (non-hydrogen) atoms. The van der Waals surface area contributed by atoms with E-state index in [2.05, 4.69) is 15.6 Å². The molecule has 0 radical (unpaired) electrons. The van der Waals surface area contributed by atoms with E-state index < -0.39 is 0 Å². The number of methoxy groups -OCH3 is 2. The SMILES string of the molecule is COc1ccc(-c2noc(CCC(=O)NN(C)C)n2)cc1OC. The number of ether oxygens (including phenoxy) is 2. The highest BCUT2D eigenvalue weighted by molar-refractivity contribution is 5.75. The number of carbonyl (C=O) groups is 1. The number of benzene rings is 1. The lowest BCUT2D eigenvalue weighted by Gasteiger charge is -2.10. The van der Waals surface area contributed by atoms with Gasteiger partial charge in [0.05, 0.1) is 14.2 Å². The second-order valence-corrected chi connectivity index (χ2v) is 5.01. The van der Waals surface area contributed by atoms with Gasteiger partial charge in [-0.05, 0) is 18.2 Å². The van der Waals surface area contributed by atoms with E-state index in [1.807, 2.05) is 6.07 Å². The van der Waals surface area contributed by atoms with Gasteiger partial charge in [-0.15, -0.1) is 0 Å². The number of aryl methyl sites for hydroxylation is 1. The van der Waals surface area contributed by atoms with Crippen molar-refractivity contribution in [3.8, 4) is 22.9 Å². The summed E-state index contributed by atoms with van der Waals surface area (Å²) in [6, 6.07) is 5.36. The van der Waals surface area contributed by atoms with Gasteiger partial charge in [-0.2, -0.15) is 4.98 Å². The van der Waals surface area contributed by atoms with Crippen LogP contribution in [-0.2, 0) is 11.2 Å². The highest BCUT2D eigenvalue weighted by atomic mass is 16.5. The standard InChI is InChI=1S/C15H20N4O4/c1-19(2)17-13(20)7-8-14-16-15(18-23-14)10-5-6-11(21-3)12(9-10)22-4/h5-6,9H,7-8H2,1-4H3,(H,17,20). The first kappa shape index (κ1) is 16.8. The van der Waals surface area contributed by atoms with E-state index in [-0.39, 0.29) is 12.3 Å². The zero-order chi connectivity index (χ0) is 16.8. The molecule has 1 N–H and O–H groups in total. The Bertz CT molecular complexity index is 669. The lowest BCUT2D eigenvalue weighted by atomic mass is 10.2. The van der Waals surface area contributed by atoms with Crippen LogP contribution < -0.4 is 14.9 Å². The zero-order valence-electron chi connectivity index (χ0n) is 13.6. The smallest absolute Gasteiger partial charge is 0.234 e. The summed E-state index contributed by atoms with van der Waals surface area (Å²) in [7, 11) is 6.63. The number of aromatic nitrogens is 2. The average molecular weight is 320 g/mol. The van der Waals surface area contributed by atoms with E-state index in [1.54, 1.807) is 45.5 Å². The van der Waals surface area contributed by atoms with Gasteiger partial charge in [-0.3, -0.25) is 10.2 Å². The normalized spacial score (nSPS) is 10.7. The highest BCUT2D eigenvalue weighted by Crippen LogP contribution is 2.31. The molecule has 124 valence electrons. The molecule has 0 aliphatic heterocycles. The van der Waals surface area contributed by atoms with Gasteiger partial charge in [0.15, 0.2) is 11.5 Å². The first-order valence-corrected chi connectivity index (χ1v) is 7.05. The minimum absolute atomic E-state index is 0.110. The predicted molar refractivity (Wildman–Crippen MR) is 83.0 cm³/mol. The Hall–Kier alpha value is -2.61. The summed E-state index contributed by atoms with van der Waals surface area (Å²) in [4.78, 5) is 15.9. The van der Waals surface area contributed by atoms with Crippen LogP contribution in [0.1, 0.15) is 12.3 Å². The van der Waals surface area contributed by atoms with E-state index in [4.69, 9.17) is 14.0 Å². The fourth-order valence-electron chi connectivity index (χ4n) is 1.97. The van der Waals surface area contributed by atoms with Crippen molar-refractivity contribution < 1.29 is 18.8 Å². The van der Waals surface area contributed by atoms with Gasteiger partial charge < -0.3 is 14.0 Å². The molecule has 0 aliphatic carbocycles. The van der Waals surface area contributed by atoms with Crippen LogP contribution in [0.5, 0.6) is 11.5 Å². The van der Waals surface area contributed by atoms with Crippen LogP contribution in [0, 0.1) is 0 Å². The maximum atomic E-state index is 11.6. The first-order valence-electron chi connectivity index (χ1n) is 7.05. The van der Waals surface area contributed by atoms with E-state index in [1.165, 1.54) is 0 Å². The molecule has 2 aromatic rings. The quantitative estimate of drug-likeness (QED) is 0.769. The summed E-state index contributed by atoms with van der Waals surface area (Å²) in [5.74, 6) is 1.94. The molecule has 0 spiro atoms. The molecule has 0 atom stereocenters. The fourth-order valence-corrected chi connectivity index (χ4v) is 1.97. The van der Waals surface area contributed by atoms with Crippen molar-refractivity contribution in [2.75, 3.05) is 28.3 Å². The number of nitrogens with zero attached hydrogens (tertiary/aromatic N) is 3. The largest absolute Gasteiger partial charge is 0.493 e. The topological polar surface area (TPSA) is 89.7 Å². The molecule has 0 saturated heterocycles. The van der Waals surface area contributed by atoms with Crippen LogP contribution in [0.3, 0.4) is 0 Å². The van der Waals surface area contributed by atoms with Gasteiger partial charge >= 0.3 is 0 Å². The summed E-state index contributed by atoms with van der Waals surface area (Å²) in [5, 5.41) is 5.52. The third-order valence-corrected chi connectivity index (χ3v) is 3.02. The van der Waals surface area contributed by atoms with Crippen molar-refractivity contribution in [2.45, 2.75) is 12.8 Å². The van der Waals surface area contributed by atoms with Crippen molar-refractivity contribution in [3.05, 3.63) is 24.1 Å². The van der Waals surface area contributed by atoms with Crippen molar-refractivity contribution >= 4 is 5.91 Å². The minimum Gasteiger partial charge on any atom is -0.493 e. The maximum absolute atomic E-state index is 11.6. The third kappa shape index (κ3) is 4.43. The summed E-state index contributed by atoms with van der Waals surface area (Å²) in [6.45, 7) is 0. The molecule has 8 nitrogen and oxygen atoms in total. The van der Waals surface area contributed by atoms with Gasteiger partial charge in [0.1, 0.15) is 0 Å². The molecule has 0 fully saturated rings. The molecule has 0 aliphatic rings. The second kappa shape index (κ2) is 7.59. The van der Waals surface area contributed by atoms with Crippen molar-refractivity contribution in [2.24, 2.45) is 0 Å². The molecule has 0 saturated carbocycles. The number of hydrogen-bond donors (Lipinski definition) is 1. The Morgan fingerprint density at radius 3 is 2.65 bits per heavy atom. The molecule has 2 rings (SSSR count). The highest BCUT2D eigenvalue weighted by Gasteiger charge is 2.13. The van der Waals surface area contributed by atoms with Crippen LogP contribution in [0.15, 0.2) is 22.7 Å². The van der Waals surface area contributed by atoms with Gasteiger partial charge in [-0.25, -0.2) is 5.01 Å². The number of carbonyl (C=O) groups excluding carboxylic acids is 1. The molecule has 0 bridgehead atoms. The van der Waals surface area contributed by atoms with Crippen LogP contribution in [0.4, 0.5) is 0 Å². The number of rotatable bonds is 7. The van der Waals surface area contributed by atoms with E-state index in [9.17, 15) is 4.79 Å². The van der Waals surface area contributed by atoms with Crippen LogP contribution >= 0.6 is 0 Å². The Morgan fingerprint density at radius 1 is 1.26 bits per heavy atom. The summed E-state index contributed by atoms with van der Waals surface area (Å²) in [5.41, 5.74) is 3.40. The molecule has 1 aromatic carbocycles. The van der Waals surface area contributed by atoms with Crippen LogP contribution in [0.25, 0.3) is 11.4 Å². The Morgan fingerprint density at radius 2 is 2.00 bits per heavy atom. The number of hydrogen-bond acceptors (Lipinski definition) is 7. The van der Waals surface area contributed by atoms with Gasteiger partial charge in [0.25, 0.3) is 0 Å². The summed E-state index contributed by atoms with van der Waals surface area (Å²) >= 11 is 0. The van der Waals surface area contributed by atoms with Gasteiger partial charge in [-0.1, -0.05) is 5.16 Å². The lowest BCUT2D eigenvalue weighted by molar-refractivity contribution is -0.124. The van der Waals surface area contributed by atoms with E-state index in [0.29, 0.717) is 29.6 Å². The molecule has 1 amide bonds. The fraction of sp³-hybridized carbons (Fsp3) is 0.400. The molecular weight excluding hydrogens is 300 g/mol. The Balaban J connectivity index is 2.06. The number of amides is 1. The van der Waals surface area contributed by atoms with Crippen LogP contribution in [-0.4, -0.2) is 49.4 Å². The Labute approximate surface area is 134 Å². The van der Waals surface area contributed by atoms with Gasteiger partial charge in [0, 0.05) is 32.5 Å². The minimum atomic E-state index is -0.110. The predicted octanol–water partition coefficient (Wildman–Crippen LogP) is 1.28. The van der Waals surface area contributed by atoms with Crippen molar-refractivity contribution in [3.63, 3.8) is 0 Å². The van der Waals surface area contributed by atoms with Crippen LogP contribution in [0.2, 0.25) is 0 Å². The first-order chi connectivity index (χ1) is 11.0. The van der Waals surface area contributed by atoms with Gasteiger partial charge in [0.2, 0.25) is 17.6 Å². The monoisotopic (exact) mass is 320 g/mol. The zero-order valence-corrected chi connectivity index (χ0v) is 13.6. The third-order valence-electron chi connectivity index (χ3n) is 3.02. The van der Waals surface area contributed by atoms with Crippen molar-refractivity contribution in [1.82, 2.24) is 20.6 Å². The molecular formula is C15H20N4O4. The van der Waals surface area contributed by atoms with Crippen molar-refractivity contribution in [1.29, 1.82) is 0 Å². The molecule has 8 heteroatoms. The number of hydrazine groups is 1. The summed E-state index contributed by atoms with van der Waals surface area (Å²) < 4.78 is 15.6. The molecule has 1 heterocycles. The molecule has 0 unspecified atom stereocenters. The molecule has 1 aromatic heterocycles. The maximum Gasteiger partial charge on any atom is 0.234 e. The second-order valence-electron chi connectivity index (χ2n) is 5.01. The summed E-state index contributed by atoms with van der Waals surface area (Å²) in [6.07, 6.45) is 0.645. The number of nitrogens with one attached hydrogen (secondary N) is 1. The average Bonchev–Trinajstić information content (AvgIpc) is 3.00. The Kier molecular flexibility index (Phi) is 5.53. The van der Waals surface area contributed by atoms with E-state index >= 15 is 0 Å². The van der Waals surface area contributed by atoms with E-state index in [0.717, 1.165) is 5.56 Å². The lowest BCUT2D eigenvalue weighted by Crippen LogP contribution is -2.36.